The summed E-state index contributed by atoms with van der Waals surface area (Å²) in [5, 5.41) is 5.69. The molecule has 206 valence electrons. The number of anilines is 3. The summed E-state index contributed by atoms with van der Waals surface area (Å²) in [5.74, 6) is 0. The lowest BCUT2D eigenvalue weighted by atomic mass is 9.81. The van der Waals surface area contributed by atoms with Crippen LogP contribution in [0.15, 0.2) is 146 Å². The van der Waals surface area contributed by atoms with E-state index in [9.17, 15) is 0 Å². The molecule has 0 N–H and O–H groups in total. The summed E-state index contributed by atoms with van der Waals surface area (Å²) in [4.78, 5) is 2.31. The molecule has 43 heavy (non-hydrogen) atoms. The van der Waals surface area contributed by atoms with E-state index < -0.39 is 0 Å². The quantitative estimate of drug-likeness (QED) is 0.190. The van der Waals surface area contributed by atoms with Crippen molar-refractivity contribution in [2.75, 3.05) is 4.90 Å². The van der Waals surface area contributed by atoms with Crippen LogP contribution in [0, 0.1) is 0 Å². The van der Waals surface area contributed by atoms with Crippen molar-refractivity contribution in [2.24, 2.45) is 0 Å². The smallest absolute Gasteiger partial charge is 0.0490 e. The maximum Gasteiger partial charge on any atom is 0.0490 e. The van der Waals surface area contributed by atoms with Gasteiger partial charge in [0.1, 0.15) is 0 Å². The number of benzene rings is 7. The number of hydrogen-bond acceptors (Lipinski definition) is 1. The number of nitrogens with zero attached hydrogens (tertiary/aromatic N) is 1. The lowest BCUT2D eigenvalue weighted by Gasteiger charge is -2.25. The van der Waals surface area contributed by atoms with Gasteiger partial charge in [-0.1, -0.05) is 116 Å². The molecule has 0 saturated heterocycles. The van der Waals surface area contributed by atoms with Crippen LogP contribution >= 0.6 is 11.6 Å². The Kier molecular flexibility index (Phi) is 5.93. The molecule has 0 atom stereocenters. The maximum absolute atomic E-state index is 6.99. The fraction of sp³-hybridized carbons (Fsp3) is 0.0732. The molecule has 0 aromatic heterocycles. The van der Waals surface area contributed by atoms with Gasteiger partial charge in [0.25, 0.3) is 0 Å². The monoisotopic (exact) mass is 571 g/mol. The molecule has 0 fully saturated rings. The standard InChI is InChI=1S/C41H30ClN/c1-41(2)38-16-10-9-15-35(38)37-26-40(42)36(25-39(37)41)28-19-21-33-27(23-28)17-18-29-24-32(20-22-34(29)33)43(30-11-5-3-6-12-30)31-13-7-4-8-14-31/h3-26H,1-2H3. The summed E-state index contributed by atoms with van der Waals surface area (Å²) in [7, 11) is 0. The molecule has 0 unspecified atom stereocenters. The molecular formula is C41H30ClN. The summed E-state index contributed by atoms with van der Waals surface area (Å²) in [6.07, 6.45) is 0. The number of rotatable bonds is 4. The Labute approximate surface area is 257 Å². The first-order valence-corrected chi connectivity index (χ1v) is 15.2. The first kappa shape index (κ1) is 25.8. The highest BCUT2D eigenvalue weighted by atomic mass is 35.5. The zero-order valence-corrected chi connectivity index (χ0v) is 24.9. The Morgan fingerprint density at radius 1 is 0.465 bits per heavy atom. The van der Waals surface area contributed by atoms with Crippen molar-refractivity contribution in [3.8, 4) is 22.3 Å². The molecule has 0 saturated carbocycles. The third kappa shape index (κ3) is 4.15. The highest BCUT2D eigenvalue weighted by Gasteiger charge is 2.35. The Hall–Kier alpha value is -4.85. The molecule has 2 heteroatoms. The van der Waals surface area contributed by atoms with Gasteiger partial charge >= 0.3 is 0 Å². The van der Waals surface area contributed by atoms with Gasteiger partial charge in [-0.15, -0.1) is 0 Å². The number of fused-ring (bicyclic) bond motifs is 6. The normalized spacial score (nSPS) is 13.2. The van der Waals surface area contributed by atoms with Crippen molar-refractivity contribution >= 4 is 50.2 Å². The van der Waals surface area contributed by atoms with E-state index in [-0.39, 0.29) is 5.41 Å². The van der Waals surface area contributed by atoms with E-state index in [0.29, 0.717) is 0 Å². The van der Waals surface area contributed by atoms with Crippen LogP contribution in [-0.4, -0.2) is 0 Å². The van der Waals surface area contributed by atoms with Crippen molar-refractivity contribution < 1.29 is 0 Å². The van der Waals surface area contributed by atoms with Gasteiger partial charge < -0.3 is 4.90 Å². The fourth-order valence-corrected chi connectivity index (χ4v) is 7.18. The van der Waals surface area contributed by atoms with E-state index in [0.717, 1.165) is 33.2 Å². The van der Waals surface area contributed by atoms with E-state index in [1.807, 2.05) is 0 Å². The van der Waals surface area contributed by atoms with Crippen molar-refractivity contribution in [2.45, 2.75) is 19.3 Å². The second-order valence-electron chi connectivity index (χ2n) is 12.0. The third-order valence-corrected chi connectivity index (χ3v) is 9.40. The third-order valence-electron chi connectivity index (χ3n) is 9.09. The average molecular weight is 572 g/mol. The van der Waals surface area contributed by atoms with Crippen LogP contribution in [0.2, 0.25) is 5.02 Å². The Morgan fingerprint density at radius 3 is 1.77 bits per heavy atom. The van der Waals surface area contributed by atoms with Gasteiger partial charge in [0.2, 0.25) is 0 Å². The summed E-state index contributed by atoms with van der Waals surface area (Å²) >= 11 is 6.99. The van der Waals surface area contributed by atoms with Crippen molar-refractivity contribution in [3.05, 3.63) is 162 Å². The lowest BCUT2D eigenvalue weighted by Crippen LogP contribution is -2.14. The predicted molar refractivity (Wildman–Crippen MR) is 184 cm³/mol. The van der Waals surface area contributed by atoms with Crippen LogP contribution < -0.4 is 4.90 Å². The van der Waals surface area contributed by atoms with E-state index in [1.54, 1.807) is 0 Å². The zero-order valence-electron chi connectivity index (χ0n) is 24.2. The van der Waals surface area contributed by atoms with Crippen molar-refractivity contribution in [1.82, 2.24) is 0 Å². The molecule has 0 aliphatic heterocycles. The number of hydrogen-bond donors (Lipinski definition) is 0. The minimum atomic E-state index is -0.0661. The van der Waals surface area contributed by atoms with Crippen molar-refractivity contribution in [3.63, 3.8) is 0 Å². The van der Waals surface area contributed by atoms with Gasteiger partial charge in [0.05, 0.1) is 0 Å². The largest absolute Gasteiger partial charge is 0.310 e. The van der Waals surface area contributed by atoms with Crippen molar-refractivity contribution in [1.29, 1.82) is 0 Å². The second kappa shape index (κ2) is 9.87. The van der Waals surface area contributed by atoms with Gasteiger partial charge in [0.15, 0.2) is 0 Å². The highest BCUT2D eigenvalue weighted by Crippen LogP contribution is 2.51. The molecule has 1 aliphatic rings. The van der Waals surface area contributed by atoms with Gasteiger partial charge in [-0.2, -0.15) is 0 Å². The molecule has 7 aromatic rings. The van der Waals surface area contributed by atoms with Gasteiger partial charge in [-0.05, 0) is 104 Å². The number of halogens is 1. The SMILES string of the molecule is CC1(C)c2ccccc2-c2cc(Cl)c(-c3ccc4c(ccc5cc(N(c6ccccc6)c6ccccc6)ccc54)c3)cc21. The van der Waals surface area contributed by atoms with Crippen LogP contribution in [-0.2, 0) is 5.41 Å². The molecule has 0 spiro atoms. The highest BCUT2D eigenvalue weighted by molar-refractivity contribution is 6.34. The Balaban J connectivity index is 1.22. The predicted octanol–water partition coefficient (Wildman–Crippen LogP) is 12.1. The van der Waals surface area contributed by atoms with Crippen LogP contribution in [0.25, 0.3) is 43.8 Å². The van der Waals surface area contributed by atoms with Crippen LogP contribution in [0.5, 0.6) is 0 Å². The minimum absolute atomic E-state index is 0.0661. The van der Waals surface area contributed by atoms with Gasteiger partial charge in [-0.3, -0.25) is 0 Å². The van der Waals surface area contributed by atoms with Crippen LogP contribution in [0.1, 0.15) is 25.0 Å². The molecular weight excluding hydrogens is 542 g/mol. The van der Waals surface area contributed by atoms with Gasteiger partial charge in [-0.25, -0.2) is 0 Å². The van der Waals surface area contributed by atoms with E-state index in [4.69, 9.17) is 11.6 Å². The molecule has 0 heterocycles. The summed E-state index contributed by atoms with van der Waals surface area (Å²) in [5.41, 5.74) is 10.8. The van der Waals surface area contributed by atoms with E-state index >= 15 is 0 Å². The summed E-state index contributed by atoms with van der Waals surface area (Å²) in [6.45, 7) is 4.62. The van der Waals surface area contributed by atoms with E-state index in [1.165, 1.54) is 43.8 Å². The molecule has 0 amide bonds. The molecule has 7 aromatic carbocycles. The minimum Gasteiger partial charge on any atom is -0.310 e. The lowest BCUT2D eigenvalue weighted by molar-refractivity contribution is 0.660. The molecule has 1 aliphatic carbocycles. The maximum atomic E-state index is 6.99. The fourth-order valence-electron chi connectivity index (χ4n) is 6.91. The summed E-state index contributed by atoms with van der Waals surface area (Å²) < 4.78 is 0. The summed E-state index contributed by atoms with van der Waals surface area (Å²) in [6, 6.07) is 52.3. The Bertz CT molecular complexity index is 2120. The van der Waals surface area contributed by atoms with Crippen LogP contribution in [0.3, 0.4) is 0 Å². The molecule has 0 radical (unpaired) electrons. The molecule has 0 bridgehead atoms. The first-order chi connectivity index (χ1) is 21.0. The number of para-hydroxylation sites is 2. The van der Waals surface area contributed by atoms with E-state index in [2.05, 4.69) is 164 Å². The van der Waals surface area contributed by atoms with Crippen LogP contribution in [0.4, 0.5) is 17.1 Å². The zero-order chi connectivity index (χ0) is 29.1. The molecule has 1 nitrogen and oxygen atoms in total. The van der Waals surface area contributed by atoms with Gasteiger partial charge in [0, 0.05) is 33.1 Å². The second-order valence-corrected chi connectivity index (χ2v) is 12.4. The topological polar surface area (TPSA) is 3.24 Å². The molecule has 8 rings (SSSR count). The first-order valence-electron chi connectivity index (χ1n) is 14.8. The Morgan fingerprint density at radius 2 is 1.07 bits per heavy atom. The average Bonchev–Trinajstić information content (AvgIpc) is 3.26.